The second kappa shape index (κ2) is 3.77. The van der Waals surface area contributed by atoms with Gasteiger partial charge in [0.2, 0.25) is 0 Å². The van der Waals surface area contributed by atoms with Crippen molar-refractivity contribution in [3.05, 3.63) is 16.1 Å². The lowest BCUT2D eigenvalue weighted by Gasteiger charge is -2.05. The van der Waals surface area contributed by atoms with Gasteiger partial charge in [-0.2, -0.15) is 0 Å². The SMILES string of the molecule is CC1CC1CNc1ncncc1I. The lowest BCUT2D eigenvalue weighted by Crippen LogP contribution is -2.07. The van der Waals surface area contributed by atoms with Gasteiger partial charge in [0, 0.05) is 12.7 Å². The first-order valence-electron chi connectivity index (χ1n) is 4.46. The van der Waals surface area contributed by atoms with Crippen molar-refractivity contribution in [1.82, 2.24) is 9.97 Å². The average Bonchev–Trinajstić information content (AvgIpc) is 2.81. The molecule has 0 radical (unpaired) electrons. The maximum absolute atomic E-state index is 4.17. The summed E-state index contributed by atoms with van der Waals surface area (Å²) in [4.78, 5) is 8.12. The highest BCUT2D eigenvalue weighted by molar-refractivity contribution is 14.1. The van der Waals surface area contributed by atoms with E-state index in [2.05, 4.69) is 44.8 Å². The molecular formula is C9H12IN3. The second-order valence-corrected chi connectivity index (χ2v) is 4.74. The van der Waals surface area contributed by atoms with Gasteiger partial charge < -0.3 is 5.32 Å². The fourth-order valence-corrected chi connectivity index (χ4v) is 1.84. The van der Waals surface area contributed by atoms with Gasteiger partial charge >= 0.3 is 0 Å². The number of anilines is 1. The zero-order valence-electron chi connectivity index (χ0n) is 7.50. The number of hydrogen-bond donors (Lipinski definition) is 1. The van der Waals surface area contributed by atoms with Crippen molar-refractivity contribution >= 4 is 28.4 Å². The molecule has 1 aliphatic carbocycles. The molecule has 13 heavy (non-hydrogen) atoms. The van der Waals surface area contributed by atoms with E-state index in [1.807, 2.05) is 6.20 Å². The molecule has 3 nitrogen and oxygen atoms in total. The predicted octanol–water partition coefficient (Wildman–Crippen LogP) is 2.15. The third-order valence-corrected chi connectivity index (χ3v) is 3.26. The Bertz CT molecular complexity index is 303. The average molecular weight is 289 g/mol. The van der Waals surface area contributed by atoms with Crippen LogP contribution in [0.3, 0.4) is 0 Å². The molecule has 0 bridgehead atoms. The third kappa shape index (κ3) is 2.30. The van der Waals surface area contributed by atoms with Crippen LogP contribution in [-0.4, -0.2) is 16.5 Å². The van der Waals surface area contributed by atoms with E-state index in [4.69, 9.17) is 0 Å². The van der Waals surface area contributed by atoms with Crippen LogP contribution in [0.4, 0.5) is 5.82 Å². The Morgan fingerprint density at radius 1 is 1.69 bits per heavy atom. The summed E-state index contributed by atoms with van der Waals surface area (Å²) < 4.78 is 1.09. The zero-order valence-corrected chi connectivity index (χ0v) is 9.65. The van der Waals surface area contributed by atoms with Crippen LogP contribution in [0, 0.1) is 15.4 Å². The van der Waals surface area contributed by atoms with Crippen molar-refractivity contribution in [2.24, 2.45) is 11.8 Å². The van der Waals surface area contributed by atoms with E-state index in [1.54, 1.807) is 6.33 Å². The standard InChI is InChI=1S/C9H12IN3/c1-6-2-7(6)3-12-9-8(10)4-11-5-13-9/h4-7H,2-3H2,1H3,(H,11,12,13). The summed E-state index contributed by atoms with van der Waals surface area (Å²) in [6.07, 6.45) is 4.77. The van der Waals surface area contributed by atoms with Gasteiger partial charge in [0.15, 0.2) is 0 Å². The summed E-state index contributed by atoms with van der Waals surface area (Å²) in [5.41, 5.74) is 0. The van der Waals surface area contributed by atoms with Crippen LogP contribution < -0.4 is 5.32 Å². The van der Waals surface area contributed by atoms with E-state index in [-0.39, 0.29) is 0 Å². The Labute approximate surface area is 91.5 Å². The maximum atomic E-state index is 4.17. The van der Waals surface area contributed by atoms with Crippen molar-refractivity contribution in [3.63, 3.8) is 0 Å². The zero-order chi connectivity index (χ0) is 9.26. The quantitative estimate of drug-likeness (QED) is 0.866. The molecule has 1 aromatic rings. The molecule has 2 unspecified atom stereocenters. The second-order valence-electron chi connectivity index (χ2n) is 3.57. The summed E-state index contributed by atoms with van der Waals surface area (Å²) in [5, 5.41) is 3.35. The van der Waals surface area contributed by atoms with E-state index < -0.39 is 0 Å². The van der Waals surface area contributed by atoms with Crippen LogP contribution in [0.2, 0.25) is 0 Å². The van der Waals surface area contributed by atoms with Crippen LogP contribution >= 0.6 is 22.6 Å². The molecule has 1 saturated carbocycles. The van der Waals surface area contributed by atoms with Crippen LogP contribution in [-0.2, 0) is 0 Å². The van der Waals surface area contributed by atoms with Crippen LogP contribution in [0.1, 0.15) is 13.3 Å². The summed E-state index contributed by atoms with van der Waals surface area (Å²) >= 11 is 2.25. The molecule has 0 saturated heterocycles. The Hall–Kier alpha value is -0.390. The van der Waals surface area contributed by atoms with E-state index >= 15 is 0 Å². The van der Waals surface area contributed by atoms with Gasteiger partial charge in [0.05, 0.1) is 3.57 Å². The summed E-state index contributed by atoms with van der Waals surface area (Å²) in [6, 6.07) is 0. The number of nitrogens with one attached hydrogen (secondary N) is 1. The minimum absolute atomic E-state index is 0.853. The van der Waals surface area contributed by atoms with Crippen LogP contribution in [0.25, 0.3) is 0 Å². The van der Waals surface area contributed by atoms with Gasteiger partial charge in [-0.15, -0.1) is 0 Å². The van der Waals surface area contributed by atoms with E-state index in [0.717, 1.165) is 27.8 Å². The summed E-state index contributed by atoms with van der Waals surface area (Å²) in [6.45, 7) is 3.34. The van der Waals surface area contributed by atoms with Crippen molar-refractivity contribution in [2.75, 3.05) is 11.9 Å². The van der Waals surface area contributed by atoms with Crippen molar-refractivity contribution in [2.45, 2.75) is 13.3 Å². The van der Waals surface area contributed by atoms with Crippen molar-refractivity contribution in [1.29, 1.82) is 0 Å². The van der Waals surface area contributed by atoms with Crippen molar-refractivity contribution in [3.8, 4) is 0 Å². The predicted molar refractivity (Wildman–Crippen MR) is 60.5 cm³/mol. The fourth-order valence-electron chi connectivity index (χ4n) is 1.35. The highest BCUT2D eigenvalue weighted by atomic mass is 127. The number of aromatic nitrogens is 2. The number of hydrogen-bond acceptors (Lipinski definition) is 3. The molecule has 1 heterocycles. The number of nitrogens with zero attached hydrogens (tertiary/aromatic N) is 2. The minimum Gasteiger partial charge on any atom is -0.369 e. The van der Waals surface area contributed by atoms with Gasteiger partial charge in [0.25, 0.3) is 0 Å². The first kappa shape index (κ1) is 9.18. The van der Waals surface area contributed by atoms with Gasteiger partial charge in [-0.3, -0.25) is 0 Å². The minimum atomic E-state index is 0.853. The van der Waals surface area contributed by atoms with Crippen molar-refractivity contribution < 1.29 is 0 Å². The van der Waals surface area contributed by atoms with Crippen LogP contribution in [0.5, 0.6) is 0 Å². The Kier molecular flexibility index (Phi) is 2.66. The largest absolute Gasteiger partial charge is 0.369 e. The van der Waals surface area contributed by atoms with Gasteiger partial charge in [-0.1, -0.05) is 6.92 Å². The first-order chi connectivity index (χ1) is 6.27. The van der Waals surface area contributed by atoms with E-state index in [9.17, 15) is 0 Å². The molecule has 70 valence electrons. The molecule has 1 N–H and O–H groups in total. The molecule has 1 aromatic heterocycles. The van der Waals surface area contributed by atoms with Gasteiger partial charge in [0.1, 0.15) is 12.1 Å². The topological polar surface area (TPSA) is 37.8 Å². The van der Waals surface area contributed by atoms with Gasteiger partial charge in [-0.25, -0.2) is 9.97 Å². The highest BCUT2D eigenvalue weighted by Crippen LogP contribution is 2.37. The molecular weight excluding hydrogens is 277 g/mol. The molecule has 4 heteroatoms. The third-order valence-electron chi connectivity index (χ3n) is 2.48. The Morgan fingerprint density at radius 3 is 3.08 bits per heavy atom. The molecule has 0 amide bonds. The molecule has 0 spiro atoms. The van der Waals surface area contributed by atoms with Gasteiger partial charge in [-0.05, 0) is 40.8 Å². The monoisotopic (exact) mass is 289 g/mol. The van der Waals surface area contributed by atoms with E-state index in [1.165, 1.54) is 6.42 Å². The number of halogens is 1. The Balaban J connectivity index is 1.90. The Morgan fingerprint density at radius 2 is 2.46 bits per heavy atom. The summed E-state index contributed by atoms with van der Waals surface area (Å²) in [5.74, 6) is 2.72. The smallest absolute Gasteiger partial charge is 0.142 e. The van der Waals surface area contributed by atoms with E-state index in [0.29, 0.717) is 0 Å². The normalized spacial score (nSPS) is 25.7. The molecule has 2 atom stereocenters. The number of rotatable bonds is 3. The first-order valence-corrected chi connectivity index (χ1v) is 5.54. The molecule has 0 aromatic carbocycles. The fraction of sp³-hybridized carbons (Fsp3) is 0.556. The van der Waals surface area contributed by atoms with Crippen LogP contribution in [0.15, 0.2) is 12.5 Å². The highest BCUT2D eigenvalue weighted by Gasteiger charge is 2.31. The molecule has 2 rings (SSSR count). The molecule has 1 aliphatic rings. The maximum Gasteiger partial charge on any atom is 0.142 e. The molecule has 1 fully saturated rings. The summed E-state index contributed by atoms with van der Waals surface area (Å²) in [7, 11) is 0. The molecule has 0 aliphatic heterocycles. The lowest BCUT2D eigenvalue weighted by molar-refractivity contribution is 0.783. The lowest BCUT2D eigenvalue weighted by atomic mass is 10.3.